The molecule has 1 saturated heterocycles. The number of ether oxygens (including phenoxy) is 1. The maximum Gasteiger partial charge on any atom is 0.0857 e. The number of aryl methyl sites for hydroxylation is 2. The Morgan fingerprint density at radius 2 is 2.50 bits per heavy atom. The molecule has 2 atom stereocenters. The Labute approximate surface area is 96.2 Å². The van der Waals surface area contributed by atoms with E-state index >= 15 is 0 Å². The zero-order chi connectivity index (χ0) is 11.5. The molecule has 2 heterocycles. The summed E-state index contributed by atoms with van der Waals surface area (Å²) in [6, 6.07) is 2.04. The van der Waals surface area contributed by atoms with Gasteiger partial charge in [0, 0.05) is 25.3 Å². The van der Waals surface area contributed by atoms with E-state index in [2.05, 4.69) is 12.0 Å². The summed E-state index contributed by atoms with van der Waals surface area (Å²) in [7, 11) is 0. The molecule has 1 aliphatic heterocycles. The van der Waals surface area contributed by atoms with Crippen molar-refractivity contribution < 1.29 is 9.84 Å². The van der Waals surface area contributed by atoms with E-state index in [1.165, 1.54) is 0 Å². The van der Waals surface area contributed by atoms with Crippen molar-refractivity contribution in [2.45, 2.75) is 51.9 Å². The Bertz CT molecular complexity index is 343. The second-order valence-corrected chi connectivity index (χ2v) is 4.42. The number of aliphatic hydroxyl groups excluding tert-OH is 1. The molecule has 1 fully saturated rings. The van der Waals surface area contributed by atoms with Crippen molar-refractivity contribution in [1.82, 2.24) is 9.78 Å². The molecule has 1 aromatic heterocycles. The van der Waals surface area contributed by atoms with Gasteiger partial charge in [0.2, 0.25) is 0 Å². The van der Waals surface area contributed by atoms with Crippen LogP contribution in [0.25, 0.3) is 0 Å². The Kier molecular flexibility index (Phi) is 3.61. The van der Waals surface area contributed by atoms with Gasteiger partial charge in [-0.1, -0.05) is 0 Å². The minimum atomic E-state index is -0.399. The van der Waals surface area contributed by atoms with Crippen molar-refractivity contribution >= 4 is 0 Å². The number of hydrogen-bond donors (Lipinski definition) is 1. The molecule has 1 aliphatic rings. The van der Waals surface area contributed by atoms with Gasteiger partial charge < -0.3 is 9.84 Å². The van der Waals surface area contributed by atoms with E-state index in [1.807, 2.05) is 17.7 Å². The number of hydrogen-bond acceptors (Lipinski definition) is 3. The molecule has 4 nitrogen and oxygen atoms in total. The molecule has 16 heavy (non-hydrogen) atoms. The van der Waals surface area contributed by atoms with Crippen molar-refractivity contribution in [3.05, 3.63) is 17.5 Å². The lowest BCUT2D eigenvalue weighted by atomic mass is 10.1. The summed E-state index contributed by atoms with van der Waals surface area (Å²) < 4.78 is 7.44. The van der Waals surface area contributed by atoms with Crippen LogP contribution in [-0.4, -0.2) is 33.7 Å². The SMILES string of the molecule is CCn1nc(C)cc1CC(O)C1CCCO1. The second kappa shape index (κ2) is 4.97. The smallest absolute Gasteiger partial charge is 0.0857 e. The van der Waals surface area contributed by atoms with Crippen LogP contribution in [0.3, 0.4) is 0 Å². The molecule has 0 amide bonds. The van der Waals surface area contributed by atoms with Gasteiger partial charge in [0.05, 0.1) is 17.9 Å². The first-order valence-electron chi connectivity index (χ1n) is 6.03. The third-order valence-corrected chi connectivity index (χ3v) is 3.10. The van der Waals surface area contributed by atoms with Crippen LogP contribution in [0.1, 0.15) is 31.2 Å². The van der Waals surface area contributed by atoms with Crippen LogP contribution in [0, 0.1) is 6.92 Å². The molecular weight excluding hydrogens is 204 g/mol. The molecule has 2 rings (SSSR count). The quantitative estimate of drug-likeness (QED) is 0.838. The normalized spacial score (nSPS) is 22.6. The van der Waals surface area contributed by atoms with E-state index in [4.69, 9.17) is 4.74 Å². The maximum atomic E-state index is 10.1. The van der Waals surface area contributed by atoms with Crippen LogP contribution in [0.5, 0.6) is 0 Å². The molecule has 1 N–H and O–H groups in total. The maximum absolute atomic E-state index is 10.1. The molecule has 0 bridgehead atoms. The molecule has 0 radical (unpaired) electrons. The lowest BCUT2D eigenvalue weighted by Gasteiger charge is -2.17. The van der Waals surface area contributed by atoms with E-state index in [0.717, 1.165) is 37.4 Å². The first-order valence-corrected chi connectivity index (χ1v) is 6.03. The van der Waals surface area contributed by atoms with Gasteiger partial charge in [0.15, 0.2) is 0 Å². The van der Waals surface area contributed by atoms with Crippen LogP contribution >= 0.6 is 0 Å². The van der Waals surface area contributed by atoms with Gasteiger partial charge in [-0.3, -0.25) is 4.68 Å². The molecule has 4 heteroatoms. The predicted octanol–water partition coefficient (Wildman–Crippen LogP) is 1.29. The number of aromatic nitrogens is 2. The van der Waals surface area contributed by atoms with E-state index in [9.17, 15) is 5.11 Å². The van der Waals surface area contributed by atoms with Gasteiger partial charge in [0.25, 0.3) is 0 Å². The van der Waals surface area contributed by atoms with Crippen molar-refractivity contribution in [2.75, 3.05) is 6.61 Å². The van der Waals surface area contributed by atoms with Gasteiger partial charge in [0.1, 0.15) is 0 Å². The van der Waals surface area contributed by atoms with Crippen molar-refractivity contribution in [1.29, 1.82) is 0 Å². The monoisotopic (exact) mass is 224 g/mol. The highest BCUT2D eigenvalue weighted by Gasteiger charge is 2.25. The Hall–Kier alpha value is -0.870. The van der Waals surface area contributed by atoms with E-state index < -0.39 is 6.10 Å². The zero-order valence-electron chi connectivity index (χ0n) is 10.0. The average Bonchev–Trinajstić information content (AvgIpc) is 2.87. The molecular formula is C12H20N2O2. The summed E-state index contributed by atoms with van der Waals surface area (Å²) >= 11 is 0. The predicted molar refractivity (Wildman–Crippen MR) is 61.3 cm³/mol. The molecule has 1 aromatic rings. The highest BCUT2D eigenvalue weighted by atomic mass is 16.5. The summed E-state index contributed by atoms with van der Waals surface area (Å²) in [5.41, 5.74) is 2.11. The number of aliphatic hydroxyl groups is 1. The van der Waals surface area contributed by atoms with Gasteiger partial charge in [-0.25, -0.2) is 0 Å². The highest BCUT2D eigenvalue weighted by Crippen LogP contribution is 2.19. The summed E-state index contributed by atoms with van der Waals surface area (Å²) in [4.78, 5) is 0. The van der Waals surface area contributed by atoms with Crippen LogP contribution in [0.15, 0.2) is 6.07 Å². The average molecular weight is 224 g/mol. The van der Waals surface area contributed by atoms with Crippen LogP contribution in [0.2, 0.25) is 0 Å². The lowest BCUT2D eigenvalue weighted by molar-refractivity contribution is -0.00167. The number of nitrogens with zero attached hydrogens (tertiary/aromatic N) is 2. The third-order valence-electron chi connectivity index (χ3n) is 3.10. The van der Waals surface area contributed by atoms with Gasteiger partial charge in [-0.2, -0.15) is 5.10 Å². The van der Waals surface area contributed by atoms with Crippen molar-refractivity contribution in [2.24, 2.45) is 0 Å². The third kappa shape index (κ3) is 2.44. The van der Waals surface area contributed by atoms with Crippen LogP contribution < -0.4 is 0 Å². The molecule has 2 unspecified atom stereocenters. The Balaban J connectivity index is 2.01. The second-order valence-electron chi connectivity index (χ2n) is 4.42. The fourth-order valence-electron chi connectivity index (χ4n) is 2.29. The molecule has 0 aromatic carbocycles. The molecule has 0 spiro atoms. The first kappa shape index (κ1) is 11.6. The van der Waals surface area contributed by atoms with Crippen LogP contribution in [0.4, 0.5) is 0 Å². The zero-order valence-corrected chi connectivity index (χ0v) is 10.0. The lowest BCUT2D eigenvalue weighted by Crippen LogP contribution is -2.28. The summed E-state index contributed by atoms with van der Waals surface area (Å²) in [6.45, 7) is 5.68. The molecule has 90 valence electrons. The minimum Gasteiger partial charge on any atom is -0.390 e. The largest absolute Gasteiger partial charge is 0.390 e. The highest BCUT2D eigenvalue weighted by molar-refractivity contribution is 5.10. The topological polar surface area (TPSA) is 47.3 Å². The van der Waals surface area contributed by atoms with Crippen LogP contribution in [-0.2, 0) is 17.7 Å². The minimum absolute atomic E-state index is 0.0144. The Morgan fingerprint density at radius 1 is 1.69 bits per heavy atom. The van der Waals surface area contributed by atoms with E-state index in [1.54, 1.807) is 0 Å². The fraction of sp³-hybridized carbons (Fsp3) is 0.750. The van der Waals surface area contributed by atoms with E-state index in [-0.39, 0.29) is 6.10 Å². The molecule has 0 saturated carbocycles. The van der Waals surface area contributed by atoms with Gasteiger partial charge in [-0.05, 0) is 32.8 Å². The Morgan fingerprint density at radius 3 is 3.12 bits per heavy atom. The van der Waals surface area contributed by atoms with Gasteiger partial charge >= 0.3 is 0 Å². The standard InChI is InChI=1S/C12H20N2O2/c1-3-14-10(7-9(2)13-14)8-11(15)12-5-4-6-16-12/h7,11-12,15H,3-6,8H2,1-2H3. The van der Waals surface area contributed by atoms with E-state index in [0.29, 0.717) is 6.42 Å². The summed E-state index contributed by atoms with van der Waals surface area (Å²) in [5.74, 6) is 0. The summed E-state index contributed by atoms with van der Waals surface area (Å²) in [6.07, 6.45) is 2.29. The van der Waals surface area contributed by atoms with Crippen molar-refractivity contribution in [3.8, 4) is 0 Å². The molecule has 0 aliphatic carbocycles. The first-order chi connectivity index (χ1) is 7.70. The van der Waals surface area contributed by atoms with Crippen molar-refractivity contribution in [3.63, 3.8) is 0 Å². The fourth-order valence-corrected chi connectivity index (χ4v) is 2.29. The van der Waals surface area contributed by atoms with Gasteiger partial charge in [-0.15, -0.1) is 0 Å². The summed E-state index contributed by atoms with van der Waals surface area (Å²) in [5, 5.41) is 14.4. The number of rotatable bonds is 4.